The minimum absolute atomic E-state index is 0.195. The number of hydrogen-bond donors (Lipinski definition) is 0. The van der Waals surface area contributed by atoms with Crippen molar-refractivity contribution in [3.05, 3.63) is 59.7 Å². The van der Waals surface area contributed by atoms with Crippen molar-refractivity contribution in [2.75, 3.05) is 23.8 Å². The Hall–Kier alpha value is -2.27. The summed E-state index contributed by atoms with van der Waals surface area (Å²) in [7, 11) is 0. The maximum absolute atomic E-state index is 12.4. The Morgan fingerprint density at radius 2 is 1.87 bits per heavy atom. The second kappa shape index (κ2) is 6.87. The summed E-state index contributed by atoms with van der Waals surface area (Å²) in [5.41, 5.74) is 2.22. The van der Waals surface area contributed by atoms with Gasteiger partial charge in [0, 0.05) is 17.2 Å². The molecule has 0 atom stereocenters. The highest BCUT2D eigenvalue weighted by molar-refractivity contribution is 7.99. The normalized spacial score (nSPS) is 13.3. The van der Waals surface area contributed by atoms with E-state index in [0.29, 0.717) is 12.1 Å². The van der Waals surface area contributed by atoms with Crippen LogP contribution in [0.1, 0.15) is 15.9 Å². The molecule has 0 fully saturated rings. The first-order valence-corrected chi connectivity index (χ1v) is 8.40. The van der Waals surface area contributed by atoms with Gasteiger partial charge < -0.3 is 9.64 Å². The van der Waals surface area contributed by atoms with Gasteiger partial charge in [0.2, 0.25) is 0 Å². The highest BCUT2D eigenvalue weighted by Gasteiger charge is 2.23. The Labute approximate surface area is 139 Å². The maximum atomic E-state index is 12.4. The average Bonchev–Trinajstić information content (AvgIpc) is 2.59. The van der Waals surface area contributed by atoms with Crippen LogP contribution in [0, 0.1) is 6.92 Å². The number of thioether (sulfide) groups is 1. The summed E-state index contributed by atoms with van der Waals surface area (Å²) in [6, 6.07) is 15.0. The van der Waals surface area contributed by atoms with Crippen molar-refractivity contribution in [3.63, 3.8) is 0 Å². The van der Waals surface area contributed by atoms with Gasteiger partial charge in [0.15, 0.2) is 6.61 Å². The predicted octanol–water partition coefficient (Wildman–Crippen LogP) is 3.29. The summed E-state index contributed by atoms with van der Waals surface area (Å²) in [6.45, 7) is 2.23. The summed E-state index contributed by atoms with van der Waals surface area (Å²) in [5.74, 6) is 0.185. The van der Waals surface area contributed by atoms with E-state index in [1.54, 1.807) is 28.8 Å². The number of carbonyl (C=O) groups is 2. The van der Waals surface area contributed by atoms with Crippen molar-refractivity contribution < 1.29 is 14.3 Å². The Morgan fingerprint density at radius 3 is 2.70 bits per heavy atom. The van der Waals surface area contributed by atoms with E-state index in [-0.39, 0.29) is 12.5 Å². The zero-order valence-electron chi connectivity index (χ0n) is 12.8. The number of fused-ring (bicyclic) bond motifs is 1. The maximum Gasteiger partial charge on any atom is 0.338 e. The fourth-order valence-corrected chi connectivity index (χ4v) is 3.51. The van der Waals surface area contributed by atoms with E-state index in [1.807, 2.05) is 43.3 Å². The van der Waals surface area contributed by atoms with Crippen molar-refractivity contribution >= 4 is 29.3 Å². The van der Waals surface area contributed by atoms with Crippen LogP contribution in [0.3, 0.4) is 0 Å². The molecule has 5 heteroatoms. The Bertz CT molecular complexity index is 745. The summed E-state index contributed by atoms with van der Waals surface area (Å²) < 4.78 is 5.20. The molecule has 1 aliphatic rings. The Morgan fingerprint density at radius 1 is 1.13 bits per heavy atom. The quantitative estimate of drug-likeness (QED) is 0.812. The first-order valence-electron chi connectivity index (χ1n) is 7.42. The van der Waals surface area contributed by atoms with Gasteiger partial charge in [-0.1, -0.05) is 30.3 Å². The van der Waals surface area contributed by atoms with Crippen molar-refractivity contribution in [2.24, 2.45) is 0 Å². The number of amides is 1. The van der Waals surface area contributed by atoms with E-state index in [4.69, 9.17) is 4.74 Å². The van der Waals surface area contributed by atoms with Gasteiger partial charge in [-0.3, -0.25) is 4.79 Å². The van der Waals surface area contributed by atoms with Crippen molar-refractivity contribution in [3.8, 4) is 0 Å². The lowest BCUT2D eigenvalue weighted by atomic mass is 10.1. The van der Waals surface area contributed by atoms with Crippen LogP contribution in [0.4, 0.5) is 5.69 Å². The largest absolute Gasteiger partial charge is 0.452 e. The molecule has 0 unspecified atom stereocenters. The molecule has 0 aliphatic carbocycles. The fraction of sp³-hybridized carbons (Fsp3) is 0.222. The summed E-state index contributed by atoms with van der Waals surface area (Å²) >= 11 is 1.73. The number of nitrogens with zero attached hydrogens (tertiary/aromatic N) is 1. The lowest BCUT2D eigenvalue weighted by Crippen LogP contribution is -2.38. The topological polar surface area (TPSA) is 46.6 Å². The van der Waals surface area contributed by atoms with E-state index < -0.39 is 5.97 Å². The number of aryl methyl sites for hydroxylation is 1. The molecule has 2 aromatic carbocycles. The molecule has 23 heavy (non-hydrogen) atoms. The molecule has 0 bridgehead atoms. The molecule has 0 aromatic heterocycles. The predicted molar refractivity (Wildman–Crippen MR) is 91.0 cm³/mol. The SMILES string of the molecule is Cc1ccccc1C(=O)OCC(=O)N1CCSc2ccccc21. The second-order valence-electron chi connectivity index (χ2n) is 5.25. The smallest absolute Gasteiger partial charge is 0.338 e. The van der Waals surface area contributed by atoms with Crippen molar-refractivity contribution in [2.45, 2.75) is 11.8 Å². The number of hydrogen-bond acceptors (Lipinski definition) is 4. The zero-order chi connectivity index (χ0) is 16.2. The molecule has 0 saturated carbocycles. The monoisotopic (exact) mass is 327 g/mol. The first-order chi connectivity index (χ1) is 11.2. The molecule has 0 N–H and O–H groups in total. The number of carbonyl (C=O) groups excluding carboxylic acids is 2. The third-order valence-electron chi connectivity index (χ3n) is 3.72. The van der Waals surface area contributed by atoms with E-state index in [1.165, 1.54) is 0 Å². The van der Waals surface area contributed by atoms with Crippen LogP contribution in [0.15, 0.2) is 53.4 Å². The van der Waals surface area contributed by atoms with Crippen LogP contribution < -0.4 is 4.90 Å². The van der Waals surface area contributed by atoms with Crippen molar-refractivity contribution in [1.29, 1.82) is 0 Å². The van der Waals surface area contributed by atoms with Crippen LogP contribution in [0.25, 0.3) is 0 Å². The minimum Gasteiger partial charge on any atom is -0.452 e. The molecule has 0 spiro atoms. The number of esters is 1. The molecule has 1 heterocycles. The van der Waals surface area contributed by atoms with Gasteiger partial charge in [-0.2, -0.15) is 0 Å². The molecular weight excluding hydrogens is 310 g/mol. The van der Waals surface area contributed by atoms with Gasteiger partial charge in [-0.25, -0.2) is 4.79 Å². The summed E-state index contributed by atoms with van der Waals surface area (Å²) in [4.78, 5) is 27.3. The number of benzene rings is 2. The van der Waals surface area contributed by atoms with Gasteiger partial charge in [0.1, 0.15) is 0 Å². The molecule has 0 saturated heterocycles. The second-order valence-corrected chi connectivity index (χ2v) is 6.39. The van der Waals surface area contributed by atoms with Crippen LogP contribution in [-0.4, -0.2) is 30.8 Å². The number of ether oxygens (including phenoxy) is 1. The van der Waals surface area contributed by atoms with Gasteiger partial charge >= 0.3 is 5.97 Å². The molecule has 118 valence electrons. The molecular formula is C18H17NO3S. The van der Waals surface area contributed by atoms with E-state index in [0.717, 1.165) is 21.9 Å². The number of anilines is 1. The number of para-hydroxylation sites is 1. The van der Waals surface area contributed by atoms with Crippen LogP contribution in [0.2, 0.25) is 0 Å². The summed E-state index contributed by atoms with van der Waals surface area (Å²) in [6.07, 6.45) is 0. The van der Waals surface area contributed by atoms with Crippen LogP contribution in [0.5, 0.6) is 0 Å². The van der Waals surface area contributed by atoms with Crippen LogP contribution in [-0.2, 0) is 9.53 Å². The van der Waals surface area contributed by atoms with Gasteiger partial charge in [-0.15, -0.1) is 11.8 Å². The molecule has 0 radical (unpaired) electrons. The van der Waals surface area contributed by atoms with Crippen molar-refractivity contribution in [1.82, 2.24) is 0 Å². The lowest BCUT2D eigenvalue weighted by molar-refractivity contribution is -0.121. The van der Waals surface area contributed by atoms with Gasteiger partial charge in [0.25, 0.3) is 5.91 Å². The molecule has 2 aromatic rings. The Balaban J connectivity index is 1.67. The fourth-order valence-electron chi connectivity index (χ4n) is 2.51. The van der Waals surface area contributed by atoms with E-state index in [9.17, 15) is 9.59 Å². The molecule has 4 nitrogen and oxygen atoms in total. The average molecular weight is 327 g/mol. The minimum atomic E-state index is -0.462. The molecule has 1 amide bonds. The Kier molecular flexibility index (Phi) is 4.67. The molecule has 1 aliphatic heterocycles. The lowest BCUT2D eigenvalue weighted by Gasteiger charge is -2.28. The number of rotatable bonds is 3. The van der Waals surface area contributed by atoms with Gasteiger partial charge in [0.05, 0.1) is 11.3 Å². The van der Waals surface area contributed by atoms with Gasteiger partial charge in [-0.05, 0) is 30.7 Å². The standard InChI is InChI=1S/C18H17NO3S/c1-13-6-2-3-7-14(13)18(21)22-12-17(20)19-10-11-23-16-9-5-4-8-15(16)19/h2-9H,10-12H2,1H3. The van der Waals surface area contributed by atoms with Crippen LogP contribution >= 0.6 is 11.8 Å². The first kappa shape index (κ1) is 15.6. The third-order valence-corrected chi connectivity index (χ3v) is 4.76. The highest BCUT2D eigenvalue weighted by atomic mass is 32.2. The zero-order valence-corrected chi connectivity index (χ0v) is 13.6. The highest BCUT2D eigenvalue weighted by Crippen LogP contribution is 2.34. The molecule has 3 rings (SSSR count). The van der Waals surface area contributed by atoms with E-state index >= 15 is 0 Å². The summed E-state index contributed by atoms with van der Waals surface area (Å²) in [5, 5.41) is 0. The van der Waals surface area contributed by atoms with E-state index in [2.05, 4.69) is 0 Å². The third kappa shape index (κ3) is 3.40.